The first-order valence-corrected chi connectivity index (χ1v) is 7.18. The van der Waals surface area contributed by atoms with Crippen molar-refractivity contribution in [2.75, 3.05) is 6.61 Å². The number of carbonyl (C=O) groups is 1. The van der Waals surface area contributed by atoms with Crippen molar-refractivity contribution in [3.63, 3.8) is 0 Å². The Morgan fingerprint density at radius 2 is 2.05 bits per heavy atom. The number of hydrogen-bond acceptors (Lipinski definition) is 7. The van der Waals surface area contributed by atoms with Crippen LogP contribution in [0.25, 0.3) is 5.69 Å². The van der Waals surface area contributed by atoms with Gasteiger partial charge in [-0.15, -0.1) is 0 Å². The number of fused-ring (bicyclic) bond motifs is 2. The molecule has 22 heavy (non-hydrogen) atoms. The number of aromatic nitrogens is 4. The first-order chi connectivity index (χ1) is 10.6. The van der Waals surface area contributed by atoms with E-state index in [0.29, 0.717) is 17.1 Å². The van der Waals surface area contributed by atoms with Crippen molar-refractivity contribution in [1.29, 1.82) is 0 Å². The molecule has 1 aromatic carbocycles. The van der Waals surface area contributed by atoms with Crippen molar-refractivity contribution in [2.45, 2.75) is 24.9 Å². The molecule has 1 aromatic heterocycles. The van der Waals surface area contributed by atoms with Crippen LogP contribution in [0.15, 0.2) is 24.3 Å². The Morgan fingerprint density at radius 1 is 1.27 bits per heavy atom. The van der Waals surface area contributed by atoms with Gasteiger partial charge in [-0.25, -0.2) is 4.68 Å². The molecule has 3 atom stereocenters. The van der Waals surface area contributed by atoms with Crippen LogP contribution in [0.4, 0.5) is 0 Å². The van der Waals surface area contributed by atoms with Crippen LogP contribution in [0.2, 0.25) is 0 Å². The summed E-state index contributed by atoms with van der Waals surface area (Å²) in [6.07, 6.45) is -0.736. The highest BCUT2D eigenvalue weighted by molar-refractivity contribution is 7.71. The molecule has 8 nitrogen and oxygen atoms in total. The third-order valence-corrected chi connectivity index (χ3v) is 4.18. The van der Waals surface area contributed by atoms with Crippen molar-refractivity contribution in [3.05, 3.63) is 29.0 Å². The third-order valence-electron chi connectivity index (χ3n) is 3.82. The molecule has 2 aliphatic heterocycles. The zero-order valence-electron chi connectivity index (χ0n) is 11.3. The van der Waals surface area contributed by atoms with E-state index >= 15 is 0 Å². The van der Waals surface area contributed by atoms with Crippen LogP contribution < -0.4 is 0 Å². The second kappa shape index (κ2) is 4.97. The lowest BCUT2D eigenvalue weighted by molar-refractivity contribution is -0.156. The van der Waals surface area contributed by atoms with Gasteiger partial charge in [0.2, 0.25) is 11.1 Å². The molecule has 0 unspecified atom stereocenters. The molecular formula is C13H12N4O4S. The zero-order chi connectivity index (χ0) is 15.3. The van der Waals surface area contributed by atoms with E-state index < -0.39 is 6.29 Å². The summed E-state index contributed by atoms with van der Waals surface area (Å²) in [6.45, 7) is 0.342. The molecule has 9 heteroatoms. The summed E-state index contributed by atoms with van der Waals surface area (Å²) in [5, 5.41) is 17.4. The second-order valence-electron chi connectivity index (χ2n) is 5.21. The van der Waals surface area contributed by atoms with Crippen LogP contribution in [-0.4, -0.2) is 49.7 Å². The molecule has 3 heterocycles. The maximum atomic E-state index is 11.9. The Bertz CT molecular complexity index is 784. The number of Topliss-reactive ketones (excluding diaryl/α,β-unsaturated/α-hetero) is 1. The predicted molar refractivity (Wildman–Crippen MR) is 75.1 cm³/mol. The Hall–Kier alpha value is -2.10. The SMILES string of the molecule is O=C1C[C@@H](n2nnn(-c3ccc(O)cc3)c2=S)[C@H]2CO[C@H]1O2. The summed E-state index contributed by atoms with van der Waals surface area (Å²) in [6, 6.07) is 6.13. The number of carbonyl (C=O) groups excluding carboxylic acids is 1. The molecule has 2 aliphatic rings. The minimum absolute atomic E-state index is 0.111. The number of hydrogen-bond donors (Lipinski definition) is 1. The van der Waals surface area contributed by atoms with Crippen molar-refractivity contribution >= 4 is 18.0 Å². The van der Waals surface area contributed by atoms with Gasteiger partial charge >= 0.3 is 0 Å². The number of phenols is 1. The lowest BCUT2D eigenvalue weighted by Crippen LogP contribution is -2.37. The molecule has 0 radical (unpaired) electrons. The Labute approximate surface area is 129 Å². The monoisotopic (exact) mass is 320 g/mol. The molecular weight excluding hydrogens is 308 g/mol. The number of ether oxygens (including phenoxy) is 2. The molecule has 2 bridgehead atoms. The van der Waals surface area contributed by atoms with Crippen molar-refractivity contribution in [3.8, 4) is 11.4 Å². The summed E-state index contributed by atoms with van der Waals surface area (Å²) >= 11 is 5.40. The molecule has 114 valence electrons. The van der Waals surface area contributed by atoms with E-state index in [1.54, 1.807) is 24.3 Å². The van der Waals surface area contributed by atoms with E-state index in [1.807, 2.05) is 0 Å². The minimum atomic E-state index is -0.748. The average molecular weight is 320 g/mol. The van der Waals surface area contributed by atoms with Crippen LogP contribution >= 0.6 is 12.2 Å². The Kier molecular flexibility index (Phi) is 3.06. The Morgan fingerprint density at radius 3 is 2.82 bits per heavy atom. The molecule has 4 rings (SSSR count). The topological polar surface area (TPSA) is 91.4 Å². The Balaban J connectivity index is 1.71. The summed E-state index contributed by atoms with van der Waals surface area (Å²) in [5.74, 6) is 0.0444. The molecule has 0 saturated carbocycles. The summed E-state index contributed by atoms with van der Waals surface area (Å²) < 4.78 is 14.2. The van der Waals surface area contributed by atoms with Gasteiger partial charge in [0.25, 0.3) is 0 Å². The third kappa shape index (κ3) is 2.05. The van der Waals surface area contributed by atoms with Crippen LogP contribution in [0.5, 0.6) is 5.75 Å². The molecule has 2 fully saturated rings. The normalized spacial score (nSPS) is 27.3. The number of nitrogens with zero attached hydrogens (tertiary/aromatic N) is 4. The van der Waals surface area contributed by atoms with Gasteiger partial charge in [-0.3, -0.25) is 4.79 Å². The first-order valence-electron chi connectivity index (χ1n) is 6.77. The van der Waals surface area contributed by atoms with Crippen molar-refractivity contribution in [1.82, 2.24) is 19.8 Å². The standard InChI is InChI=1S/C13H12N4O4S/c18-8-3-1-7(2-4-8)16-13(22)17(15-14-16)9-5-10(19)12-20-6-11(9)21-12/h1-4,9,11-12,18H,5-6H2/t9-,11-,12+/m1/s1. The highest BCUT2D eigenvalue weighted by Crippen LogP contribution is 2.32. The van der Waals surface area contributed by atoms with E-state index in [4.69, 9.17) is 21.7 Å². The van der Waals surface area contributed by atoms with E-state index in [0.717, 1.165) is 0 Å². The number of phenolic OH excluding ortho intramolecular Hbond substituents is 1. The van der Waals surface area contributed by atoms with Gasteiger partial charge in [0, 0.05) is 6.42 Å². The predicted octanol–water partition coefficient (Wildman–Crippen LogP) is 0.759. The van der Waals surface area contributed by atoms with Gasteiger partial charge < -0.3 is 14.6 Å². The van der Waals surface area contributed by atoms with Gasteiger partial charge in [0.05, 0.1) is 18.3 Å². The van der Waals surface area contributed by atoms with Crippen LogP contribution in [-0.2, 0) is 14.3 Å². The summed E-state index contributed by atoms with van der Waals surface area (Å²) in [4.78, 5) is 11.9. The zero-order valence-corrected chi connectivity index (χ0v) is 12.1. The van der Waals surface area contributed by atoms with Gasteiger partial charge in [0.1, 0.15) is 11.9 Å². The lowest BCUT2D eigenvalue weighted by atomic mass is 10.0. The number of benzene rings is 1. The number of tetrazole rings is 1. The van der Waals surface area contributed by atoms with Crippen LogP contribution in [0.1, 0.15) is 12.5 Å². The smallest absolute Gasteiger partial charge is 0.221 e. The highest BCUT2D eigenvalue weighted by atomic mass is 32.1. The molecule has 2 aromatic rings. The quantitative estimate of drug-likeness (QED) is 0.817. The number of aromatic hydroxyl groups is 1. The number of ketones is 1. The van der Waals surface area contributed by atoms with Crippen molar-refractivity contribution in [2.24, 2.45) is 0 Å². The molecule has 2 saturated heterocycles. The second-order valence-corrected chi connectivity index (χ2v) is 5.58. The molecule has 0 aliphatic carbocycles. The van der Waals surface area contributed by atoms with Crippen LogP contribution in [0.3, 0.4) is 0 Å². The maximum Gasteiger partial charge on any atom is 0.221 e. The van der Waals surface area contributed by atoms with Gasteiger partial charge in [-0.05, 0) is 46.9 Å². The van der Waals surface area contributed by atoms with E-state index in [2.05, 4.69) is 10.4 Å². The summed E-state index contributed by atoms with van der Waals surface area (Å²) in [5.41, 5.74) is 0.678. The fourth-order valence-corrected chi connectivity index (χ4v) is 3.00. The van der Waals surface area contributed by atoms with Gasteiger partial charge in [-0.2, -0.15) is 4.68 Å². The van der Waals surface area contributed by atoms with E-state index in [1.165, 1.54) is 9.36 Å². The fraction of sp³-hybridized carbons (Fsp3) is 0.385. The maximum absolute atomic E-state index is 11.9. The molecule has 1 N–H and O–H groups in total. The fourth-order valence-electron chi connectivity index (χ4n) is 2.69. The first kappa shape index (κ1) is 13.6. The average Bonchev–Trinajstić information content (AvgIpc) is 3.10. The largest absolute Gasteiger partial charge is 0.508 e. The lowest BCUT2D eigenvalue weighted by Gasteiger charge is -2.25. The van der Waals surface area contributed by atoms with Gasteiger partial charge in [0.15, 0.2) is 5.78 Å². The summed E-state index contributed by atoms with van der Waals surface area (Å²) in [7, 11) is 0. The van der Waals surface area contributed by atoms with Gasteiger partial charge in [-0.1, -0.05) is 0 Å². The molecule has 0 amide bonds. The highest BCUT2D eigenvalue weighted by Gasteiger charge is 2.45. The minimum Gasteiger partial charge on any atom is -0.508 e. The van der Waals surface area contributed by atoms with Crippen LogP contribution in [0, 0.1) is 4.77 Å². The van der Waals surface area contributed by atoms with E-state index in [9.17, 15) is 9.90 Å². The van der Waals surface area contributed by atoms with E-state index in [-0.39, 0.29) is 30.1 Å². The van der Waals surface area contributed by atoms with Crippen molar-refractivity contribution < 1.29 is 19.4 Å². The number of rotatable bonds is 2. The molecule has 0 spiro atoms.